The maximum absolute atomic E-state index is 12.8. The second-order valence-corrected chi connectivity index (χ2v) is 10.2. The SMILES string of the molecule is CCC(NC(=O)C(C)Oc1ccc(N(C)S(C)(=O)=O)cc1)c1ccc2c(c1)CCCC2. The number of carbonyl (C=O) groups excluding carboxylic acids is 1. The first-order valence-electron chi connectivity index (χ1n) is 10.8. The zero-order chi connectivity index (χ0) is 22.6. The van der Waals surface area contributed by atoms with E-state index in [-0.39, 0.29) is 11.9 Å². The second kappa shape index (κ2) is 9.73. The molecule has 2 aromatic carbocycles. The van der Waals surface area contributed by atoms with Crippen molar-refractivity contribution >= 4 is 21.6 Å². The molecule has 2 atom stereocenters. The van der Waals surface area contributed by atoms with Gasteiger partial charge in [0.05, 0.1) is 18.0 Å². The smallest absolute Gasteiger partial charge is 0.261 e. The first-order valence-corrected chi connectivity index (χ1v) is 12.7. The van der Waals surface area contributed by atoms with Crippen molar-refractivity contribution in [3.63, 3.8) is 0 Å². The molecule has 0 bridgehead atoms. The Kier molecular flexibility index (Phi) is 7.26. The van der Waals surface area contributed by atoms with E-state index in [0.717, 1.165) is 31.1 Å². The van der Waals surface area contributed by atoms with Crippen LogP contribution in [0.4, 0.5) is 5.69 Å². The quantitative estimate of drug-likeness (QED) is 0.668. The number of benzene rings is 2. The molecule has 0 saturated carbocycles. The fourth-order valence-corrected chi connectivity index (χ4v) is 4.37. The molecule has 1 amide bonds. The van der Waals surface area contributed by atoms with Crippen molar-refractivity contribution < 1.29 is 17.9 Å². The van der Waals surface area contributed by atoms with Crippen LogP contribution >= 0.6 is 0 Å². The third kappa shape index (κ3) is 5.79. The number of nitrogens with zero attached hydrogens (tertiary/aromatic N) is 1. The van der Waals surface area contributed by atoms with E-state index in [9.17, 15) is 13.2 Å². The molecular formula is C24H32N2O4S. The number of nitrogens with one attached hydrogen (secondary N) is 1. The molecule has 1 N–H and O–H groups in total. The molecular weight excluding hydrogens is 412 g/mol. The summed E-state index contributed by atoms with van der Waals surface area (Å²) in [5.74, 6) is 0.331. The Morgan fingerprint density at radius 3 is 2.35 bits per heavy atom. The lowest BCUT2D eigenvalue weighted by Crippen LogP contribution is -2.38. The van der Waals surface area contributed by atoms with Crippen LogP contribution in [0.2, 0.25) is 0 Å². The third-order valence-corrected chi connectivity index (χ3v) is 7.09. The van der Waals surface area contributed by atoms with Gasteiger partial charge in [-0.1, -0.05) is 25.1 Å². The molecule has 1 aliphatic carbocycles. The fourth-order valence-electron chi connectivity index (χ4n) is 3.86. The summed E-state index contributed by atoms with van der Waals surface area (Å²) < 4.78 is 30.3. The highest BCUT2D eigenvalue weighted by Crippen LogP contribution is 2.26. The van der Waals surface area contributed by atoms with Gasteiger partial charge in [0.15, 0.2) is 6.10 Å². The molecule has 0 radical (unpaired) electrons. The zero-order valence-electron chi connectivity index (χ0n) is 18.7. The minimum Gasteiger partial charge on any atom is -0.481 e. The highest BCUT2D eigenvalue weighted by atomic mass is 32.2. The van der Waals surface area contributed by atoms with Gasteiger partial charge in [0, 0.05) is 7.05 Å². The summed E-state index contributed by atoms with van der Waals surface area (Å²) in [6.07, 6.45) is 6.00. The van der Waals surface area contributed by atoms with Crippen LogP contribution in [-0.4, -0.2) is 33.7 Å². The van der Waals surface area contributed by atoms with Gasteiger partial charge in [-0.25, -0.2) is 8.42 Å². The van der Waals surface area contributed by atoms with Gasteiger partial charge in [-0.2, -0.15) is 0 Å². The van der Waals surface area contributed by atoms with Gasteiger partial charge in [-0.15, -0.1) is 0 Å². The summed E-state index contributed by atoms with van der Waals surface area (Å²) >= 11 is 0. The monoisotopic (exact) mass is 444 g/mol. The van der Waals surface area contributed by atoms with Crippen LogP contribution in [0.25, 0.3) is 0 Å². The van der Waals surface area contributed by atoms with Gasteiger partial charge in [0.25, 0.3) is 5.91 Å². The molecule has 31 heavy (non-hydrogen) atoms. The second-order valence-electron chi connectivity index (χ2n) is 8.19. The molecule has 0 saturated heterocycles. The number of aryl methyl sites for hydroxylation is 2. The molecule has 0 fully saturated rings. The third-order valence-electron chi connectivity index (χ3n) is 5.88. The number of ether oxygens (including phenoxy) is 1. The zero-order valence-corrected chi connectivity index (χ0v) is 19.5. The van der Waals surface area contributed by atoms with Crippen molar-refractivity contribution in [3.8, 4) is 5.75 Å². The van der Waals surface area contributed by atoms with E-state index >= 15 is 0 Å². The maximum atomic E-state index is 12.8. The first-order chi connectivity index (χ1) is 14.7. The van der Waals surface area contributed by atoms with Crippen molar-refractivity contribution in [3.05, 3.63) is 59.2 Å². The van der Waals surface area contributed by atoms with Gasteiger partial charge < -0.3 is 10.1 Å². The Hall–Kier alpha value is -2.54. The van der Waals surface area contributed by atoms with E-state index in [1.54, 1.807) is 31.2 Å². The largest absolute Gasteiger partial charge is 0.481 e. The summed E-state index contributed by atoms with van der Waals surface area (Å²) in [6.45, 7) is 3.78. The van der Waals surface area contributed by atoms with Crippen molar-refractivity contribution in [2.24, 2.45) is 0 Å². The highest BCUT2D eigenvalue weighted by Gasteiger charge is 2.21. The number of fused-ring (bicyclic) bond motifs is 1. The number of amides is 1. The molecule has 0 aliphatic heterocycles. The van der Waals surface area contributed by atoms with Gasteiger partial charge in [-0.05, 0) is 80.0 Å². The standard InChI is InChI=1S/C24H32N2O4S/c1-5-23(20-11-10-18-8-6-7-9-19(18)16-20)25-24(27)17(2)30-22-14-12-21(13-15-22)26(3)31(4,28)29/h10-17,23H,5-9H2,1-4H3,(H,25,27). The molecule has 1 aliphatic rings. The molecule has 168 valence electrons. The number of rotatable bonds is 8. The lowest BCUT2D eigenvalue weighted by atomic mass is 9.89. The summed E-state index contributed by atoms with van der Waals surface area (Å²) in [6, 6.07) is 13.2. The summed E-state index contributed by atoms with van der Waals surface area (Å²) in [7, 11) is -1.83. The van der Waals surface area contributed by atoms with Crippen LogP contribution < -0.4 is 14.4 Å². The van der Waals surface area contributed by atoms with E-state index in [1.165, 1.54) is 35.3 Å². The molecule has 0 spiro atoms. The van der Waals surface area contributed by atoms with Crippen LogP contribution in [0.3, 0.4) is 0 Å². The van der Waals surface area contributed by atoms with Crippen LogP contribution in [0.1, 0.15) is 55.8 Å². The normalized spacial score (nSPS) is 15.5. The maximum Gasteiger partial charge on any atom is 0.261 e. The number of carbonyl (C=O) groups is 1. The number of hydrogen-bond donors (Lipinski definition) is 1. The summed E-state index contributed by atoms with van der Waals surface area (Å²) in [5, 5.41) is 3.11. The Balaban J connectivity index is 1.63. The van der Waals surface area contributed by atoms with Gasteiger partial charge >= 0.3 is 0 Å². The fraction of sp³-hybridized carbons (Fsp3) is 0.458. The lowest BCUT2D eigenvalue weighted by molar-refractivity contribution is -0.128. The number of hydrogen-bond acceptors (Lipinski definition) is 4. The minimum absolute atomic E-state index is 0.0587. The van der Waals surface area contributed by atoms with E-state index in [4.69, 9.17) is 4.74 Å². The first kappa shape index (κ1) is 23.1. The molecule has 7 heteroatoms. The average molecular weight is 445 g/mol. The predicted molar refractivity (Wildman–Crippen MR) is 124 cm³/mol. The van der Waals surface area contributed by atoms with Crippen molar-refractivity contribution in [1.82, 2.24) is 5.32 Å². The summed E-state index contributed by atoms with van der Waals surface area (Å²) in [5.41, 5.74) is 4.50. The van der Waals surface area contributed by atoms with Crippen LogP contribution in [-0.2, 0) is 27.7 Å². The summed E-state index contributed by atoms with van der Waals surface area (Å²) in [4.78, 5) is 12.8. The Morgan fingerprint density at radius 1 is 1.10 bits per heavy atom. The predicted octanol–water partition coefficient (Wildman–Crippen LogP) is 4.00. The Morgan fingerprint density at radius 2 is 1.74 bits per heavy atom. The molecule has 3 rings (SSSR count). The van der Waals surface area contributed by atoms with Crippen LogP contribution in [0, 0.1) is 0 Å². The van der Waals surface area contributed by atoms with E-state index in [2.05, 4.69) is 30.4 Å². The average Bonchev–Trinajstić information content (AvgIpc) is 2.76. The topological polar surface area (TPSA) is 75.7 Å². The van der Waals surface area contributed by atoms with E-state index < -0.39 is 16.1 Å². The van der Waals surface area contributed by atoms with Gasteiger partial charge in [0.1, 0.15) is 5.75 Å². The van der Waals surface area contributed by atoms with E-state index in [0.29, 0.717) is 11.4 Å². The molecule has 0 heterocycles. The molecule has 2 unspecified atom stereocenters. The number of anilines is 1. The minimum atomic E-state index is -3.33. The Bertz CT molecular complexity index is 1020. The van der Waals surface area contributed by atoms with Gasteiger partial charge in [-0.3, -0.25) is 9.10 Å². The molecule has 6 nitrogen and oxygen atoms in total. The Labute approximate surface area is 185 Å². The van der Waals surface area contributed by atoms with E-state index in [1.807, 2.05) is 0 Å². The highest BCUT2D eigenvalue weighted by molar-refractivity contribution is 7.92. The van der Waals surface area contributed by atoms with Crippen molar-refractivity contribution in [1.29, 1.82) is 0 Å². The van der Waals surface area contributed by atoms with Crippen LogP contribution in [0.15, 0.2) is 42.5 Å². The van der Waals surface area contributed by atoms with Gasteiger partial charge in [0.2, 0.25) is 10.0 Å². The lowest BCUT2D eigenvalue weighted by Gasteiger charge is -2.23. The molecule has 2 aromatic rings. The van der Waals surface area contributed by atoms with Crippen molar-refractivity contribution in [2.45, 2.75) is 58.1 Å². The van der Waals surface area contributed by atoms with Crippen LogP contribution in [0.5, 0.6) is 5.75 Å². The van der Waals surface area contributed by atoms with Crippen molar-refractivity contribution in [2.75, 3.05) is 17.6 Å². The number of sulfonamides is 1. The molecule has 0 aromatic heterocycles.